The fraction of sp³-hybridized carbons (Fsp3) is 0.462. The monoisotopic (exact) mass is 358 g/mol. The topological polar surface area (TPSA) is 63.5 Å². The summed E-state index contributed by atoms with van der Waals surface area (Å²) < 4.78 is 77.3. The number of rotatable bonds is 3. The van der Waals surface area contributed by atoms with Crippen LogP contribution < -0.4 is 4.90 Å². The van der Waals surface area contributed by atoms with E-state index in [0.717, 1.165) is 7.05 Å². The number of nitro benzene ring substituents is 1. The summed E-state index contributed by atoms with van der Waals surface area (Å²) in [6, 6.07) is -0.233. The molecule has 0 radical (unpaired) electrons. The second-order valence-corrected chi connectivity index (χ2v) is 5.19. The maximum absolute atomic E-state index is 12.9. The molecule has 0 saturated heterocycles. The Morgan fingerprint density at radius 3 is 1.83 bits per heavy atom. The number of nitro groups is 1. The Morgan fingerprint density at radius 2 is 1.50 bits per heavy atom. The summed E-state index contributed by atoms with van der Waals surface area (Å²) in [5, 5.41) is 11.0. The van der Waals surface area contributed by atoms with Gasteiger partial charge in [0.25, 0.3) is 5.69 Å². The average molecular weight is 358 g/mol. The minimum Gasteiger partial charge on any atom is -0.309 e. The van der Waals surface area contributed by atoms with Gasteiger partial charge in [0.15, 0.2) is 0 Å². The van der Waals surface area contributed by atoms with Crippen LogP contribution in [0.3, 0.4) is 0 Å². The van der Waals surface area contributed by atoms with Gasteiger partial charge in [0, 0.05) is 19.0 Å². The molecule has 1 rings (SSSR count). The van der Waals surface area contributed by atoms with Crippen LogP contribution in [0.4, 0.5) is 37.7 Å². The van der Waals surface area contributed by atoms with Crippen LogP contribution in [0.2, 0.25) is 0 Å². The van der Waals surface area contributed by atoms with Gasteiger partial charge in [-0.15, -0.1) is 0 Å². The molecule has 0 N–H and O–H groups in total. The summed E-state index contributed by atoms with van der Waals surface area (Å²) in [5.74, 6) is -1.52. The van der Waals surface area contributed by atoms with Crippen LogP contribution in [-0.4, -0.2) is 17.9 Å². The van der Waals surface area contributed by atoms with Gasteiger partial charge in [0.2, 0.25) is 5.91 Å². The molecule has 1 aromatic carbocycles. The summed E-state index contributed by atoms with van der Waals surface area (Å²) in [4.78, 5) is 22.1. The van der Waals surface area contributed by atoms with Gasteiger partial charge < -0.3 is 4.90 Å². The molecule has 0 saturated carbocycles. The lowest BCUT2D eigenvalue weighted by molar-refractivity contribution is -0.384. The van der Waals surface area contributed by atoms with E-state index in [1.54, 1.807) is 0 Å². The predicted molar refractivity (Wildman–Crippen MR) is 71.3 cm³/mol. The largest absolute Gasteiger partial charge is 0.417 e. The first-order valence-electron chi connectivity index (χ1n) is 6.42. The second kappa shape index (κ2) is 6.29. The third-order valence-electron chi connectivity index (χ3n) is 3.11. The maximum atomic E-state index is 12.9. The Bertz CT molecular complexity index is 667. The Kier molecular flexibility index (Phi) is 5.16. The van der Waals surface area contributed by atoms with Crippen LogP contribution in [0.25, 0.3) is 0 Å². The molecule has 0 heterocycles. The lowest BCUT2D eigenvalue weighted by Crippen LogP contribution is -2.31. The van der Waals surface area contributed by atoms with Crippen molar-refractivity contribution in [2.24, 2.45) is 5.92 Å². The summed E-state index contributed by atoms with van der Waals surface area (Å²) in [5.41, 5.74) is -6.39. The van der Waals surface area contributed by atoms with Crippen LogP contribution in [0.5, 0.6) is 0 Å². The minimum absolute atomic E-state index is 0.0266. The summed E-state index contributed by atoms with van der Waals surface area (Å²) in [6.07, 6.45) is -10.9. The first-order chi connectivity index (χ1) is 10.7. The van der Waals surface area contributed by atoms with Gasteiger partial charge in [-0.1, -0.05) is 13.8 Å². The van der Waals surface area contributed by atoms with Crippen molar-refractivity contribution in [3.8, 4) is 0 Å². The van der Waals surface area contributed by atoms with E-state index in [1.165, 1.54) is 13.8 Å². The smallest absolute Gasteiger partial charge is 0.309 e. The SMILES string of the molecule is CC(C)C(=O)N(C)c1cc(C(F)(F)F)c(C(F)(F)F)cc1[N+](=O)[O-]. The van der Waals surface area contributed by atoms with Gasteiger partial charge in [0.05, 0.1) is 16.1 Å². The Labute approximate surface area is 132 Å². The van der Waals surface area contributed by atoms with E-state index < -0.39 is 51.6 Å². The standard InChI is InChI=1S/C13H12F6N2O3/c1-6(2)11(22)20(3)9-4-7(12(14,15)16)8(13(17,18)19)5-10(9)21(23)24/h4-6H,1-3H3. The van der Waals surface area contributed by atoms with Crippen LogP contribution >= 0.6 is 0 Å². The van der Waals surface area contributed by atoms with Crippen molar-refractivity contribution in [2.75, 3.05) is 11.9 Å². The number of halogens is 6. The molecular formula is C13H12F6N2O3. The third kappa shape index (κ3) is 3.95. The highest BCUT2D eigenvalue weighted by Gasteiger charge is 2.45. The van der Waals surface area contributed by atoms with E-state index >= 15 is 0 Å². The number of hydrogen-bond donors (Lipinski definition) is 0. The highest BCUT2D eigenvalue weighted by Crippen LogP contribution is 2.45. The molecule has 1 amide bonds. The molecule has 24 heavy (non-hydrogen) atoms. The second-order valence-electron chi connectivity index (χ2n) is 5.19. The first kappa shape index (κ1) is 19.7. The Hall–Kier alpha value is -2.33. The van der Waals surface area contributed by atoms with Gasteiger partial charge in [0.1, 0.15) is 5.69 Å². The molecule has 1 aromatic rings. The van der Waals surface area contributed by atoms with E-state index in [-0.39, 0.29) is 12.1 Å². The van der Waals surface area contributed by atoms with Crippen molar-refractivity contribution < 1.29 is 36.1 Å². The van der Waals surface area contributed by atoms with Crippen molar-refractivity contribution in [3.63, 3.8) is 0 Å². The molecule has 5 nitrogen and oxygen atoms in total. The molecule has 0 fully saturated rings. The van der Waals surface area contributed by atoms with E-state index in [4.69, 9.17) is 0 Å². The molecule has 0 aliphatic carbocycles. The van der Waals surface area contributed by atoms with Crippen molar-refractivity contribution in [3.05, 3.63) is 33.4 Å². The zero-order valence-electron chi connectivity index (χ0n) is 12.6. The number of hydrogen-bond acceptors (Lipinski definition) is 3. The highest BCUT2D eigenvalue weighted by molar-refractivity contribution is 5.96. The summed E-state index contributed by atoms with van der Waals surface area (Å²) >= 11 is 0. The number of carbonyl (C=O) groups excluding carboxylic acids is 1. The molecule has 0 spiro atoms. The number of anilines is 1. The number of benzene rings is 1. The Morgan fingerprint density at radius 1 is 1.08 bits per heavy atom. The van der Waals surface area contributed by atoms with E-state index in [9.17, 15) is 41.3 Å². The van der Waals surface area contributed by atoms with E-state index in [0.29, 0.717) is 4.90 Å². The number of amides is 1. The van der Waals surface area contributed by atoms with E-state index in [2.05, 4.69) is 0 Å². The van der Waals surface area contributed by atoms with E-state index in [1.807, 2.05) is 0 Å². The molecular weight excluding hydrogens is 346 g/mol. The van der Waals surface area contributed by atoms with Gasteiger partial charge in [-0.2, -0.15) is 26.3 Å². The fourth-order valence-electron chi connectivity index (χ4n) is 1.97. The van der Waals surface area contributed by atoms with Crippen LogP contribution in [0.1, 0.15) is 25.0 Å². The zero-order valence-corrected chi connectivity index (χ0v) is 12.6. The molecule has 0 aromatic heterocycles. The molecule has 0 bridgehead atoms. The highest BCUT2D eigenvalue weighted by atomic mass is 19.4. The van der Waals surface area contributed by atoms with Gasteiger partial charge in [-0.05, 0) is 6.07 Å². The van der Waals surface area contributed by atoms with Gasteiger partial charge in [-0.25, -0.2) is 0 Å². The maximum Gasteiger partial charge on any atom is 0.417 e. The number of carbonyl (C=O) groups is 1. The van der Waals surface area contributed by atoms with Crippen molar-refractivity contribution in [2.45, 2.75) is 26.2 Å². The zero-order chi connectivity index (χ0) is 19.0. The third-order valence-corrected chi connectivity index (χ3v) is 3.11. The summed E-state index contributed by atoms with van der Waals surface area (Å²) in [7, 11) is 0.956. The average Bonchev–Trinajstić information content (AvgIpc) is 2.41. The molecule has 0 unspecified atom stereocenters. The normalized spacial score (nSPS) is 12.4. The predicted octanol–water partition coefficient (Wildman–Crippen LogP) is 4.25. The van der Waals surface area contributed by atoms with Gasteiger partial charge in [-0.3, -0.25) is 14.9 Å². The van der Waals surface area contributed by atoms with Crippen LogP contribution in [-0.2, 0) is 17.1 Å². The van der Waals surface area contributed by atoms with Gasteiger partial charge >= 0.3 is 12.4 Å². The molecule has 11 heteroatoms. The Balaban J connectivity index is 3.77. The summed E-state index contributed by atoms with van der Waals surface area (Å²) in [6.45, 7) is 2.78. The van der Waals surface area contributed by atoms with Crippen molar-refractivity contribution in [1.82, 2.24) is 0 Å². The first-order valence-corrected chi connectivity index (χ1v) is 6.42. The number of nitrogens with zero attached hydrogens (tertiary/aromatic N) is 2. The fourth-order valence-corrected chi connectivity index (χ4v) is 1.97. The minimum atomic E-state index is -5.45. The van der Waals surface area contributed by atoms with Crippen LogP contribution in [0, 0.1) is 16.0 Å². The molecule has 0 atom stereocenters. The lowest BCUT2D eigenvalue weighted by Gasteiger charge is -2.22. The van der Waals surface area contributed by atoms with Crippen molar-refractivity contribution >= 4 is 17.3 Å². The number of alkyl halides is 6. The molecule has 134 valence electrons. The molecule has 0 aliphatic heterocycles. The lowest BCUT2D eigenvalue weighted by atomic mass is 10.0. The van der Waals surface area contributed by atoms with Crippen molar-refractivity contribution in [1.29, 1.82) is 0 Å². The quantitative estimate of drug-likeness (QED) is 0.461. The van der Waals surface area contributed by atoms with Crippen LogP contribution in [0.15, 0.2) is 12.1 Å². The molecule has 0 aliphatic rings.